The predicted molar refractivity (Wildman–Crippen MR) is 109 cm³/mol. The number of hydrogen-bond acceptors (Lipinski definition) is 7. The van der Waals surface area contributed by atoms with Gasteiger partial charge >= 0.3 is 0 Å². The van der Waals surface area contributed by atoms with E-state index < -0.39 is 0 Å². The molecule has 0 aliphatic rings. The van der Waals surface area contributed by atoms with E-state index in [9.17, 15) is 4.79 Å². The molecule has 1 atom stereocenters. The van der Waals surface area contributed by atoms with Crippen LogP contribution >= 0.6 is 11.3 Å². The lowest BCUT2D eigenvalue weighted by Crippen LogP contribution is -2.38. The van der Waals surface area contributed by atoms with Gasteiger partial charge in [0.2, 0.25) is 17.6 Å². The van der Waals surface area contributed by atoms with Crippen LogP contribution in [0.15, 0.2) is 45.9 Å². The zero-order valence-electron chi connectivity index (χ0n) is 16.2. The topological polar surface area (TPSA) is 84.2 Å². The highest BCUT2D eigenvalue weighted by molar-refractivity contribution is 7.07. The van der Waals surface area contributed by atoms with Gasteiger partial charge in [0.15, 0.2) is 0 Å². The van der Waals surface area contributed by atoms with Crippen molar-refractivity contribution in [3.63, 3.8) is 0 Å². The molecule has 148 valence electrons. The Labute approximate surface area is 168 Å². The van der Waals surface area contributed by atoms with Crippen molar-refractivity contribution in [2.45, 2.75) is 32.7 Å². The first kappa shape index (κ1) is 20.2. The van der Waals surface area contributed by atoms with Crippen molar-refractivity contribution in [1.29, 1.82) is 0 Å². The lowest BCUT2D eigenvalue weighted by Gasteiger charge is -2.29. The second-order valence-electron chi connectivity index (χ2n) is 6.35. The minimum Gasteiger partial charge on any atom is -0.354 e. The number of nitrogens with one attached hydrogen (secondary N) is 1. The summed E-state index contributed by atoms with van der Waals surface area (Å²) >= 11 is 1.68. The monoisotopic (exact) mass is 399 g/mol. The van der Waals surface area contributed by atoms with Crippen LogP contribution in [0.1, 0.15) is 37.8 Å². The Kier molecular flexibility index (Phi) is 7.27. The first-order valence-electron chi connectivity index (χ1n) is 9.47. The molecule has 0 saturated carbocycles. The predicted octanol–water partition coefficient (Wildman–Crippen LogP) is 3.33. The molecule has 0 aromatic carbocycles. The fourth-order valence-electron chi connectivity index (χ4n) is 3.07. The minimum absolute atomic E-state index is 0.0199. The van der Waals surface area contributed by atoms with Gasteiger partial charge in [0.25, 0.3) is 0 Å². The van der Waals surface area contributed by atoms with E-state index in [4.69, 9.17) is 4.52 Å². The number of pyridine rings is 1. The van der Waals surface area contributed by atoms with E-state index in [1.807, 2.05) is 12.1 Å². The van der Waals surface area contributed by atoms with Gasteiger partial charge in [0, 0.05) is 37.3 Å². The van der Waals surface area contributed by atoms with Gasteiger partial charge in [-0.25, -0.2) is 0 Å². The summed E-state index contributed by atoms with van der Waals surface area (Å²) in [7, 11) is 0. The van der Waals surface area contributed by atoms with Crippen LogP contribution in [-0.2, 0) is 11.2 Å². The van der Waals surface area contributed by atoms with Gasteiger partial charge in [-0.15, -0.1) is 0 Å². The molecule has 7 nitrogen and oxygen atoms in total. The average molecular weight is 400 g/mol. The van der Waals surface area contributed by atoms with Crippen molar-refractivity contribution in [1.82, 2.24) is 25.3 Å². The molecule has 0 saturated heterocycles. The average Bonchev–Trinajstić information content (AvgIpc) is 3.42. The third-order valence-corrected chi connectivity index (χ3v) is 5.33. The molecule has 28 heavy (non-hydrogen) atoms. The van der Waals surface area contributed by atoms with Gasteiger partial charge in [-0.1, -0.05) is 19.0 Å². The number of hydrogen-bond donors (Lipinski definition) is 1. The first-order valence-corrected chi connectivity index (χ1v) is 10.4. The van der Waals surface area contributed by atoms with Crippen LogP contribution in [0.4, 0.5) is 0 Å². The van der Waals surface area contributed by atoms with E-state index in [1.54, 1.807) is 23.7 Å². The van der Waals surface area contributed by atoms with E-state index >= 15 is 0 Å². The summed E-state index contributed by atoms with van der Waals surface area (Å²) in [6, 6.07) is 5.99. The Balaban J connectivity index is 1.52. The van der Waals surface area contributed by atoms with Crippen LogP contribution in [-0.4, -0.2) is 45.6 Å². The van der Waals surface area contributed by atoms with Gasteiger partial charge in [-0.05, 0) is 47.6 Å². The Morgan fingerprint density at radius 2 is 2.18 bits per heavy atom. The summed E-state index contributed by atoms with van der Waals surface area (Å²) in [5.74, 6) is 0.920. The molecule has 0 aliphatic heterocycles. The second kappa shape index (κ2) is 10.1. The maximum atomic E-state index is 12.3. The number of carbonyl (C=O) groups is 1. The SMILES string of the molecule is CCN(CC)C(CNC(=O)CCc1nc(-c2cccnc2)no1)c1ccsc1. The molecule has 0 bridgehead atoms. The lowest BCUT2D eigenvalue weighted by atomic mass is 10.1. The number of aryl methyl sites for hydroxylation is 1. The van der Waals surface area contributed by atoms with Gasteiger partial charge < -0.3 is 9.84 Å². The van der Waals surface area contributed by atoms with Gasteiger partial charge in [0.1, 0.15) is 0 Å². The van der Waals surface area contributed by atoms with Crippen molar-refractivity contribution in [2.24, 2.45) is 0 Å². The molecular formula is C20H25N5O2S. The van der Waals surface area contributed by atoms with E-state index in [0.29, 0.717) is 31.1 Å². The quantitative estimate of drug-likeness (QED) is 0.563. The molecule has 1 amide bonds. The summed E-state index contributed by atoms with van der Waals surface area (Å²) in [5.41, 5.74) is 2.03. The van der Waals surface area contributed by atoms with E-state index in [1.165, 1.54) is 5.56 Å². The zero-order valence-corrected chi connectivity index (χ0v) is 17.0. The number of likely N-dealkylation sites (N-methyl/N-ethyl adjacent to an activating group) is 1. The normalized spacial score (nSPS) is 12.2. The Morgan fingerprint density at radius 3 is 2.86 bits per heavy atom. The van der Waals surface area contributed by atoms with Crippen LogP contribution in [0, 0.1) is 0 Å². The summed E-state index contributed by atoms with van der Waals surface area (Å²) in [6.45, 7) is 6.74. The fourth-order valence-corrected chi connectivity index (χ4v) is 3.78. The standard InChI is InChI=1S/C20H25N5O2S/c1-3-25(4-2)17(16-9-11-28-14-16)13-22-18(26)7-8-19-23-20(24-27-19)15-6-5-10-21-12-15/h5-6,9-12,14,17H,3-4,7-8,13H2,1-2H3,(H,22,26). The van der Waals surface area contributed by atoms with Crippen molar-refractivity contribution >= 4 is 17.2 Å². The minimum atomic E-state index is -0.0199. The Bertz CT molecular complexity index is 847. The molecule has 1 unspecified atom stereocenters. The molecule has 3 rings (SSSR count). The zero-order chi connectivity index (χ0) is 19.8. The van der Waals surface area contributed by atoms with E-state index in [2.05, 4.69) is 56.0 Å². The maximum Gasteiger partial charge on any atom is 0.227 e. The van der Waals surface area contributed by atoms with Crippen molar-refractivity contribution in [3.8, 4) is 11.4 Å². The van der Waals surface area contributed by atoms with Crippen LogP contribution in [0.3, 0.4) is 0 Å². The number of rotatable bonds is 10. The number of carbonyl (C=O) groups excluding carboxylic acids is 1. The second-order valence-corrected chi connectivity index (χ2v) is 7.13. The van der Waals surface area contributed by atoms with Crippen LogP contribution in [0.5, 0.6) is 0 Å². The van der Waals surface area contributed by atoms with Crippen LogP contribution < -0.4 is 5.32 Å². The number of nitrogens with zero attached hydrogens (tertiary/aromatic N) is 4. The molecule has 0 spiro atoms. The number of amides is 1. The van der Waals surface area contributed by atoms with Crippen molar-refractivity contribution in [2.75, 3.05) is 19.6 Å². The summed E-state index contributed by atoms with van der Waals surface area (Å²) in [5, 5.41) is 11.2. The third kappa shape index (κ3) is 5.24. The summed E-state index contributed by atoms with van der Waals surface area (Å²) in [4.78, 5) is 23.1. The highest BCUT2D eigenvalue weighted by Crippen LogP contribution is 2.22. The Morgan fingerprint density at radius 1 is 1.32 bits per heavy atom. The van der Waals surface area contributed by atoms with Gasteiger partial charge in [0.05, 0.1) is 6.04 Å². The molecule has 0 radical (unpaired) electrons. The molecule has 3 heterocycles. The summed E-state index contributed by atoms with van der Waals surface area (Å²) in [6.07, 6.45) is 4.09. The molecule has 0 aliphatic carbocycles. The largest absolute Gasteiger partial charge is 0.354 e. The van der Waals surface area contributed by atoms with Crippen molar-refractivity contribution in [3.05, 3.63) is 52.8 Å². The molecule has 8 heteroatoms. The van der Waals surface area contributed by atoms with E-state index in [-0.39, 0.29) is 11.9 Å². The fraction of sp³-hybridized carbons (Fsp3) is 0.400. The number of aromatic nitrogens is 3. The molecule has 3 aromatic heterocycles. The van der Waals surface area contributed by atoms with Crippen molar-refractivity contribution < 1.29 is 9.32 Å². The van der Waals surface area contributed by atoms with Crippen LogP contribution in [0.25, 0.3) is 11.4 Å². The third-order valence-electron chi connectivity index (χ3n) is 4.63. The number of thiophene rings is 1. The maximum absolute atomic E-state index is 12.3. The highest BCUT2D eigenvalue weighted by atomic mass is 32.1. The first-order chi connectivity index (χ1) is 13.7. The Hall–Kier alpha value is -2.58. The van der Waals surface area contributed by atoms with Gasteiger partial charge in [-0.2, -0.15) is 16.3 Å². The smallest absolute Gasteiger partial charge is 0.227 e. The van der Waals surface area contributed by atoms with E-state index in [0.717, 1.165) is 18.7 Å². The molecule has 0 fully saturated rings. The highest BCUT2D eigenvalue weighted by Gasteiger charge is 2.19. The molecule has 1 N–H and O–H groups in total. The molecular weight excluding hydrogens is 374 g/mol. The molecule has 3 aromatic rings. The lowest BCUT2D eigenvalue weighted by molar-refractivity contribution is -0.121. The van der Waals surface area contributed by atoms with Gasteiger partial charge in [-0.3, -0.25) is 14.7 Å². The van der Waals surface area contributed by atoms with Crippen LogP contribution in [0.2, 0.25) is 0 Å². The summed E-state index contributed by atoms with van der Waals surface area (Å²) < 4.78 is 5.25.